The average Bonchev–Trinajstić information content (AvgIpc) is 3.13. The Kier molecular flexibility index (Phi) is 4.86. The van der Waals surface area contributed by atoms with Crippen molar-refractivity contribution in [2.75, 3.05) is 26.7 Å². The fourth-order valence-electron chi connectivity index (χ4n) is 3.93. The predicted octanol–water partition coefficient (Wildman–Crippen LogP) is 2.37. The van der Waals surface area contributed by atoms with Crippen LogP contribution < -0.4 is 4.74 Å². The van der Waals surface area contributed by atoms with E-state index in [-0.39, 0.29) is 23.6 Å². The van der Waals surface area contributed by atoms with Crippen molar-refractivity contribution >= 4 is 17.6 Å². The van der Waals surface area contributed by atoms with Gasteiger partial charge in [0.1, 0.15) is 5.75 Å². The van der Waals surface area contributed by atoms with E-state index in [2.05, 4.69) is 0 Å². The highest BCUT2D eigenvalue weighted by molar-refractivity contribution is 6.09. The summed E-state index contributed by atoms with van der Waals surface area (Å²) in [5.74, 6) is 0.648. The number of hydrogen-bond donors (Lipinski definition) is 0. The lowest BCUT2D eigenvalue weighted by Crippen LogP contribution is -2.53. The van der Waals surface area contributed by atoms with Gasteiger partial charge in [-0.25, -0.2) is 0 Å². The summed E-state index contributed by atoms with van der Waals surface area (Å²) >= 11 is 0. The van der Waals surface area contributed by atoms with E-state index >= 15 is 0 Å². The minimum atomic E-state index is -0.115. The van der Waals surface area contributed by atoms with Crippen LogP contribution in [0.15, 0.2) is 48.5 Å². The van der Waals surface area contributed by atoms with Gasteiger partial charge in [-0.05, 0) is 30.7 Å². The molecule has 0 N–H and O–H groups in total. The second-order valence-electron chi connectivity index (χ2n) is 7.17. The number of benzene rings is 2. The van der Waals surface area contributed by atoms with Gasteiger partial charge in [-0.15, -0.1) is 0 Å². The SMILES string of the molecule is COc1cccc(C(=O)c2ccc(C(=O)N3CCN4C(=O)CCC4C3)cc2)c1. The summed E-state index contributed by atoms with van der Waals surface area (Å²) < 4.78 is 5.17. The molecule has 0 spiro atoms. The summed E-state index contributed by atoms with van der Waals surface area (Å²) in [5, 5.41) is 0. The highest BCUT2D eigenvalue weighted by Crippen LogP contribution is 2.24. The largest absolute Gasteiger partial charge is 0.497 e. The van der Waals surface area contributed by atoms with Gasteiger partial charge in [-0.1, -0.05) is 24.3 Å². The third-order valence-corrected chi connectivity index (χ3v) is 5.51. The van der Waals surface area contributed by atoms with E-state index in [0.717, 1.165) is 6.42 Å². The van der Waals surface area contributed by atoms with Crippen molar-refractivity contribution in [3.05, 3.63) is 65.2 Å². The minimum absolute atomic E-state index is 0.0561. The lowest BCUT2D eigenvalue weighted by Gasteiger charge is -2.37. The maximum atomic E-state index is 12.8. The van der Waals surface area contributed by atoms with Crippen LogP contribution >= 0.6 is 0 Å². The van der Waals surface area contributed by atoms with E-state index < -0.39 is 0 Å². The lowest BCUT2D eigenvalue weighted by molar-refractivity contribution is -0.130. The van der Waals surface area contributed by atoms with Crippen LogP contribution in [-0.4, -0.2) is 60.2 Å². The Morgan fingerprint density at radius 3 is 2.50 bits per heavy atom. The Morgan fingerprint density at radius 2 is 1.75 bits per heavy atom. The van der Waals surface area contributed by atoms with Crippen LogP contribution in [0, 0.1) is 0 Å². The topological polar surface area (TPSA) is 66.9 Å². The third-order valence-electron chi connectivity index (χ3n) is 5.51. The van der Waals surface area contributed by atoms with E-state index in [1.54, 1.807) is 60.5 Å². The van der Waals surface area contributed by atoms with Gasteiger partial charge in [0.25, 0.3) is 5.91 Å². The number of piperazine rings is 1. The number of hydrogen-bond acceptors (Lipinski definition) is 4. The quantitative estimate of drug-likeness (QED) is 0.766. The van der Waals surface area contributed by atoms with Gasteiger partial charge in [0, 0.05) is 48.8 Å². The molecule has 2 saturated heterocycles. The summed E-state index contributed by atoms with van der Waals surface area (Å²) in [6.07, 6.45) is 1.39. The van der Waals surface area contributed by atoms with Crippen molar-refractivity contribution in [1.29, 1.82) is 0 Å². The fraction of sp³-hybridized carbons (Fsp3) is 0.318. The molecule has 2 aliphatic heterocycles. The van der Waals surface area contributed by atoms with Gasteiger partial charge in [-0.2, -0.15) is 0 Å². The number of methoxy groups -OCH3 is 1. The Balaban J connectivity index is 1.46. The van der Waals surface area contributed by atoms with Crippen LogP contribution in [-0.2, 0) is 4.79 Å². The second-order valence-corrected chi connectivity index (χ2v) is 7.17. The molecule has 2 aliphatic rings. The highest BCUT2D eigenvalue weighted by Gasteiger charge is 2.37. The van der Waals surface area contributed by atoms with E-state index in [9.17, 15) is 14.4 Å². The van der Waals surface area contributed by atoms with Crippen LogP contribution in [0.3, 0.4) is 0 Å². The first-order valence-corrected chi connectivity index (χ1v) is 9.44. The van der Waals surface area contributed by atoms with Gasteiger partial charge < -0.3 is 14.5 Å². The molecule has 6 heteroatoms. The Morgan fingerprint density at radius 1 is 1.00 bits per heavy atom. The zero-order valence-electron chi connectivity index (χ0n) is 15.8. The van der Waals surface area contributed by atoms with E-state index in [1.807, 2.05) is 4.90 Å². The minimum Gasteiger partial charge on any atom is -0.497 e. The summed E-state index contributed by atoms with van der Waals surface area (Å²) in [6, 6.07) is 13.9. The van der Waals surface area contributed by atoms with E-state index in [0.29, 0.717) is 48.5 Å². The standard InChI is InChI=1S/C22H22N2O4/c1-28-19-4-2-3-17(13-19)21(26)15-5-7-16(8-6-15)22(27)23-11-12-24-18(14-23)9-10-20(24)25/h2-8,13,18H,9-12,14H2,1H3. The first-order valence-electron chi connectivity index (χ1n) is 9.44. The molecule has 2 fully saturated rings. The lowest BCUT2D eigenvalue weighted by atomic mass is 10.0. The first-order chi connectivity index (χ1) is 13.6. The monoisotopic (exact) mass is 378 g/mol. The predicted molar refractivity (Wildman–Crippen MR) is 104 cm³/mol. The molecule has 0 radical (unpaired) electrons. The van der Waals surface area contributed by atoms with Crippen molar-refractivity contribution in [1.82, 2.24) is 9.80 Å². The van der Waals surface area contributed by atoms with Gasteiger partial charge in [-0.3, -0.25) is 14.4 Å². The van der Waals surface area contributed by atoms with Crippen LogP contribution in [0.1, 0.15) is 39.1 Å². The fourth-order valence-corrected chi connectivity index (χ4v) is 3.93. The number of carbonyl (C=O) groups excluding carboxylic acids is 3. The summed E-state index contributed by atoms with van der Waals surface area (Å²) in [4.78, 5) is 41.0. The van der Waals surface area contributed by atoms with Crippen molar-refractivity contribution in [3.8, 4) is 5.75 Å². The van der Waals surface area contributed by atoms with Crippen molar-refractivity contribution in [2.24, 2.45) is 0 Å². The number of amides is 2. The maximum absolute atomic E-state index is 12.8. The molecule has 0 saturated carbocycles. The van der Waals surface area contributed by atoms with Gasteiger partial charge in [0.2, 0.25) is 5.91 Å². The number of ketones is 1. The summed E-state index contributed by atoms with van der Waals surface area (Å²) in [5.41, 5.74) is 1.62. The molecule has 2 heterocycles. The molecule has 0 aliphatic carbocycles. The normalized spacial score (nSPS) is 18.8. The van der Waals surface area contributed by atoms with Crippen LogP contribution in [0.4, 0.5) is 0 Å². The molecule has 0 aromatic heterocycles. The van der Waals surface area contributed by atoms with Crippen molar-refractivity contribution < 1.29 is 19.1 Å². The average molecular weight is 378 g/mol. The number of fused-ring (bicyclic) bond motifs is 1. The molecule has 2 aromatic rings. The molecule has 144 valence electrons. The van der Waals surface area contributed by atoms with Crippen LogP contribution in [0.25, 0.3) is 0 Å². The molecule has 2 aromatic carbocycles. The van der Waals surface area contributed by atoms with Gasteiger partial charge in [0.05, 0.1) is 7.11 Å². The van der Waals surface area contributed by atoms with Crippen LogP contribution in [0.2, 0.25) is 0 Å². The summed E-state index contributed by atoms with van der Waals surface area (Å²) in [7, 11) is 1.56. The van der Waals surface area contributed by atoms with Crippen LogP contribution in [0.5, 0.6) is 5.75 Å². The molecular formula is C22H22N2O4. The zero-order valence-corrected chi connectivity index (χ0v) is 15.8. The Labute approximate surface area is 163 Å². The van der Waals surface area contributed by atoms with E-state index in [1.165, 1.54) is 0 Å². The molecule has 2 amide bonds. The molecule has 4 rings (SSSR count). The zero-order chi connectivity index (χ0) is 19.7. The summed E-state index contributed by atoms with van der Waals surface area (Å²) in [6.45, 7) is 1.72. The first kappa shape index (κ1) is 18.2. The van der Waals surface area contributed by atoms with Crippen molar-refractivity contribution in [3.63, 3.8) is 0 Å². The maximum Gasteiger partial charge on any atom is 0.253 e. The van der Waals surface area contributed by atoms with Crippen molar-refractivity contribution in [2.45, 2.75) is 18.9 Å². The number of nitrogens with zero attached hydrogens (tertiary/aromatic N) is 2. The number of rotatable bonds is 4. The van der Waals surface area contributed by atoms with Gasteiger partial charge in [0.15, 0.2) is 5.78 Å². The molecule has 1 atom stereocenters. The third kappa shape index (κ3) is 3.38. The molecule has 28 heavy (non-hydrogen) atoms. The molecular weight excluding hydrogens is 356 g/mol. The Bertz CT molecular complexity index is 922. The molecule has 0 bridgehead atoms. The second kappa shape index (κ2) is 7.46. The molecule has 1 unspecified atom stereocenters. The van der Waals surface area contributed by atoms with E-state index in [4.69, 9.17) is 4.74 Å². The number of ether oxygens (including phenoxy) is 1. The number of carbonyl (C=O) groups is 3. The molecule has 6 nitrogen and oxygen atoms in total. The Hall–Kier alpha value is -3.15. The highest BCUT2D eigenvalue weighted by atomic mass is 16.5. The smallest absolute Gasteiger partial charge is 0.253 e. The van der Waals surface area contributed by atoms with Gasteiger partial charge >= 0.3 is 0 Å².